The Hall–Kier alpha value is -3.12. The van der Waals surface area contributed by atoms with E-state index in [2.05, 4.69) is 23.1 Å². The molecule has 146 valence electrons. The van der Waals surface area contributed by atoms with Crippen LogP contribution in [0.3, 0.4) is 0 Å². The first kappa shape index (κ1) is 19.2. The van der Waals surface area contributed by atoms with E-state index in [0.717, 1.165) is 27.1 Å². The summed E-state index contributed by atoms with van der Waals surface area (Å²) in [4.78, 5) is 18.1. The first-order chi connectivity index (χ1) is 14.3. The first-order valence-electron chi connectivity index (χ1n) is 9.12. The number of hydrogen-bond acceptors (Lipinski definition) is 4. The smallest absolute Gasteiger partial charge is 0.267 e. The third kappa shape index (κ3) is 4.17. The number of nitrogens with one attached hydrogen (secondary N) is 2. The van der Waals surface area contributed by atoms with Crippen LogP contribution in [0.2, 0.25) is 0 Å². The Morgan fingerprint density at radius 1 is 0.828 bits per heavy atom. The average Bonchev–Trinajstić information content (AvgIpc) is 2.77. The van der Waals surface area contributed by atoms with Gasteiger partial charge in [-0.15, -0.1) is 5.59 Å². The van der Waals surface area contributed by atoms with Crippen LogP contribution in [0.5, 0.6) is 5.75 Å². The van der Waals surface area contributed by atoms with Gasteiger partial charge in [0.25, 0.3) is 5.91 Å². The molecule has 0 heterocycles. The highest BCUT2D eigenvalue weighted by atomic mass is 35.5. The van der Waals surface area contributed by atoms with E-state index < -0.39 is 0 Å². The number of benzene rings is 4. The number of carbonyl (C=O) groups excluding carboxylic acids is 1. The lowest BCUT2D eigenvalue weighted by Gasteiger charge is -2.12. The number of rotatable bonds is 7. The van der Waals surface area contributed by atoms with Crippen LogP contribution in [0.15, 0.2) is 78.9 Å². The van der Waals surface area contributed by atoms with Gasteiger partial charge in [-0.05, 0) is 33.9 Å². The van der Waals surface area contributed by atoms with Crippen molar-refractivity contribution in [3.8, 4) is 5.75 Å². The zero-order valence-electron chi connectivity index (χ0n) is 15.5. The Morgan fingerprint density at radius 3 is 2.38 bits per heavy atom. The molecule has 0 saturated heterocycles. The van der Waals surface area contributed by atoms with Crippen LogP contribution in [0, 0.1) is 0 Å². The maximum Gasteiger partial charge on any atom is 0.267 e. The Balaban J connectivity index is 1.43. The highest BCUT2D eigenvalue weighted by Crippen LogP contribution is 2.28. The minimum Gasteiger partial charge on any atom is -0.477 e. The van der Waals surface area contributed by atoms with Crippen LogP contribution in [0.25, 0.3) is 21.5 Å². The first-order valence-corrected chi connectivity index (χ1v) is 9.65. The second kappa shape index (κ2) is 8.92. The van der Waals surface area contributed by atoms with Crippen LogP contribution in [0.1, 0.15) is 15.9 Å². The Morgan fingerprint density at radius 2 is 1.55 bits per heavy atom. The number of alkyl halides is 1. The molecule has 1 amide bonds. The molecular formula is C23H19ClN2O3. The Labute approximate surface area is 173 Å². The summed E-state index contributed by atoms with van der Waals surface area (Å²) in [6, 6.07) is 25.1. The van der Waals surface area contributed by atoms with Crippen molar-refractivity contribution < 1.29 is 14.4 Å². The number of ether oxygens (including phenoxy) is 1. The summed E-state index contributed by atoms with van der Waals surface area (Å²) >= 11 is 5.68. The predicted octanol–water partition coefficient (Wildman–Crippen LogP) is 4.93. The summed E-state index contributed by atoms with van der Waals surface area (Å²) in [5, 5.41) is 3.84. The van der Waals surface area contributed by atoms with Crippen LogP contribution in [-0.2, 0) is 11.4 Å². The van der Waals surface area contributed by atoms with Crippen LogP contribution in [-0.4, -0.2) is 12.0 Å². The summed E-state index contributed by atoms with van der Waals surface area (Å²) in [5.41, 5.74) is 6.66. The standard InChI is InChI=1S/C23H19ClN2O3/c24-15-28-22-13-12-21(19-10-3-4-11-20(19)22)23(27)25-26-29-14-17-8-5-7-16-6-1-2-9-18(16)17/h1-13,26H,14-15H2,(H,25,27). The summed E-state index contributed by atoms with van der Waals surface area (Å²) in [6.45, 7) is 0.310. The number of carbonyl (C=O) groups is 1. The van der Waals surface area contributed by atoms with Gasteiger partial charge in [0.15, 0.2) is 6.07 Å². The topological polar surface area (TPSA) is 59.6 Å². The largest absolute Gasteiger partial charge is 0.477 e. The van der Waals surface area contributed by atoms with Gasteiger partial charge in [-0.25, -0.2) is 0 Å². The number of amides is 1. The van der Waals surface area contributed by atoms with Crippen molar-refractivity contribution in [1.82, 2.24) is 11.0 Å². The normalized spacial score (nSPS) is 10.9. The van der Waals surface area contributed by atoms with Crippen molar-refractivity contribution in [2.45, 2.75) is 6.61 Å². The summed E-state index contributed by atoms with van der Waals surface area (Å²) in [5.74, 6) is 0.323. The van der Waals surface area contributed by atoms with E-state index in [1.165, 1.54) is 0 Å². The molecule has 0 aromatic heterocycles. The van der Waals surface area contributed by atoms with E-state index in [4.69, 9.17) is 21.2 Å². The molecule has 0 atom stereocenters. The molecule has 6 heteroatoms. The van der Waals surface area contributed by atoms with Gasteiger partial charge in [-0.2, -0.15) is 0 Å². The third-order valence-electron chi connectivity index (χ3n) is 4.68. The van der Waals surface area contributed by atoms with Gasteiger partial charge in [0, 0.05) is 10.9 Å². The van der Waals surface area contributed by atoms with Gasteiger partial charge in [0.2, 0.25) is 0 Å². The molecule has 0 radical (unpaired) electrons. The number of fused-ring (bicyclic) bond motifs is 2. The van der Waals surface area contributed by atoms with Crippen molar-refractivity contribution in [2.75, 3.05) is 6.07 Å². The van der Waals surface area contributed by atoms with Gasteiger partial charge in [0.05, 0.1) is 6.61 Å². The molecule has 29 heavy (non-hydrogen) atoms. The summed E-state index contributed by atoms with van der Waals surface area (Å²) < 4.78 is 5.43. The SMILES string of the molecule is O=C(NNOCc1cccc2ccccc12)c1ccc(OCCl)c2ccccc12. The fourth-order valence-corrected chi connectivity index (χ4v) is 3.45. The van der Waals surface area contributed by atoms with Crippen LogP contribution in [0.4, 0.5) is 0 Å². The Bertz CT molecular complexity index is 1160. The number of hydrogen-bond donors (Lipinski definition) is 2. The molecule has 0 saturated carbocycles. The zero-order chi connectivity index (χ0) is 20.1. The molecule has 0 aliphatic rings. The second-order valence-electron chi connectivity index (χ2n) is 6.39. The number of hydrazine groups is 1. The molecule has 5 nitrogen and oxygen atoms in total. The molecule has 0 aliphatic heterocycles. The summed E-state index contributed by atoms with van der Waals surface area (Å²) in [7, 11) is 0. The van der Waals surface area contributed by atoms with E-state index in [1.54, 1.807) is 12.1 Å². The van der Waals surface area contributed by atoms with Crippen molar-refractivity contribution >= 4 is 39.1 Å². The predicted molar refractivity (Wildman–Crippen MR) is 115 cm³/mol. The minimum atomic E-state index is -0.309. The van der Waals surface area contributed by atoms with E-state index in [0.29, 0.717) is 17.9 Å². The van der Waals surface area contributed by atoms with Gasteiger partial charge >= 0.3 is 0 Å². The molecule has 4 aromatic carbocycles. The monoisotopic (exact) mass is 406 g/mol. The molecular weight excluding hydrogens is 388 g/mol. The molecule has 4 rings (SSSR count). The molecule has 0 aliphatic carbocycles. The Kier molecular flexibility index (Phi) is 5.91. The van der Waals surface area contributed by atoms with E-state index in [9.17, 15) is 4.79 Å². The molecule has 0 unspecified atom stereocenters. The second-order valence-corrected chi connectivity index (χ2v) is 6.61. The average molecular weight is 407 g/mol. The van der Waals surface area contributed by atoms with Gasteiger partial charge < -0.3 is 4.74 Å². The van der Waals surface area contributed by atoms with Crippen LogP contribution >= 0.6 is 11.6 Å². The van der Waals surface area contributed by atoms with E-state index >= 15 is 0 Å². The van der Waals surface area contributed by atoms with Gasteiger partial charge in [-0.3, -0.25) is 15.1 Å². The zero-order valence-corrected chi connectivity index (χ0v) is 16.3. The van der Waals surface area contributed by atoms with Gasteiger partial charge in [0.1, 0.15) is 5.75 Å². The fraction of sp³-hybridized carbons (Fsp3) is 0.0870. The molecule has 0 spiro atoms. The fourth-order valence-electron chi connectivity index (χ4n) is 3.34. The lowest BCUT2D eigenvalue weighted by Crippen LogP contribution is -2.37. The highest BCUT2D eigenvalue weighted by molar-refractivity contribution is 6.17. The third-order valence-corrected chi connectivity index (χ3v) is 4.79. The maximum absolute atomic E-state index is 12.6. The van der Waals surface area contributed by atoms with E-state index in [1.807, 2.05) is 54.6 Å². The molecule has 0 fully saturated rings. The maximum atomic E-state index is 12.6. The summed E-state index contributed by atoms with van der Waals surface area (Å²) in [6.07, 6.45) is 0. The van der Waals surface area contributed by atoms with Crippen molar-refractivity contribution in [3.63, 3.8) is 0 Å². The van der Waals surface area contributed by atoms with Crippen molar-refractivity contribution in [1.29, 1.82) is 0 Å². The quantitative estimate of drug-likeness (QED) is 0.259. The van der Waals surface area contributed by atoms with Crippen molar-refractivity contribution in [3.05, 3.63) is 90.0 Å². The van der Waals surface area contributed by atoms with Crippen LogP contribution < -0.4 is 15.8 Å². The molecule has 4 aromatic rings. The lowest BCUT2D eigenvalue weighted by molar-refractivity contribution is 0.00120. The molecule has 0 bridgehead atoms. The van der Waals surface area contributed by atoms with Crippen molar-refractivity contribution in [2.24, 2.45) is 0 Å². The number of halogens is 1. The lowest BCUT2D eigenvalue weighted by atomic mass is 10.0. The van der Waals surface area contributed by atoms with Gasteiger partial charge in [-0.1, -0.05) is 78.3 Å². The minimum absolute atomic E-state index is 0.0408. The molecule has 2 N–H and O–H groups in total. The van der Waals surface area contributed by atoms with E-state index in [-0.39, 0.29) is 12.0 Å². The highest BCUT2D eigenvalue weighted by Gasteiger charge is 2.13.